The van der Waals surface area contributed by atoms with Crippen LogP contribution in [0.4, 0.5) is 5.69 Å². The number of aromatic hydroxyl groups is 1. The topological polar surface area (TPSA) is 83.7 Å². The van der Waals surface area contributed by atoms with E-state index in [1.807, 2.05) is 0 Å². The Morgan fingerprint density at radius 3 is 2.82 bits per heavy atom. The summed E-state index contributed by atoms with van der Waals surface area (Å²) in [5.74, 6) is -0.902. The van der Waals surface area contributed by atoms with Crippen LogP contribution in [-0.2, 0) is 4.79 Å². The number of halogens is 1. The van der Waals surface area contributed by atoms with Crippen molar-refractivity contribution in [1.29, 1.82) is 0 Å². The number of rotatable bonds is 4. The molecule has 1 N–H and O–H groups in total. The minimum Gasteiger partial charge on any atom is -0.502 e. The second-order valence-corrected chi connectivity index (χ2v) is 6.31. The lowest BCUT2D eigenvalue weighted by molar-refractivity contribution is -0.385. The van der Waals surface area contributed by atoms with Crippen LogP contribution in [-0.4, -0.2) is 31.7 Å². The summed E-state index contributed by atoms with van der Waals surface area (Å²) in [6, 6.07) is 2.38. The van der Waals surface area contributed by atoms with E-state index >= 15 is 0 Å². The Morgan fingerprint density at radius 2 is 2.23 bits per heavy atom. The summed E-state index contributed by atoms with van der Waals surface area (Å²) in [7, 11) is 0. The number of thioether (sulfide) groups is 1. The van der Waals surface area contributed by atoms with Gasteiger partial charge in [0.1, 0.15) is 4.32 Å². The Morgan fingerprint density at radius 1 is 1.55 bits per heavy atom. The number of nitrogens with zero attached hydrogens (tertiary/aromatic N) is 2. The number of amides is 1. The summed E-state index contributed by atoms with van der Waals surface area (Å²) in [5, 5.41) is 20.9. The smallest absolute Gasteiger partial charge is 0.312 e. The van der Waals surface area contributed by atoms with Gasteiger partial charge in [-0.15, -0.1) is 6.58 Å². The van der Waals surface area contributed by atoms with Crippen molar-refractivity contribution in [2.45, 2.75) is 0 Å². The van der Waals surface area contributed by atoms with E-state index < -0.39 is 16.4 Å². The monoisotopic (exact) mass is 356 g/mol. The van der Waals surface area contributed by atoms with E-state index in [9.17, 15) is 20.0 Å². The molecule has 1 saturated heterocycles. The summed E-state index contributed by atoms with van der Waals surface area (Å²) >= 11 is 11.9. The molecule has 1 amide bonds. The van der Waals surface area contributed by atoms with Gasteiger partial charge in [0, 0.05) is 23.2 Å². The van der Waals surface area contributed by atoms with Crippen LogP contribution in [0.2, 0.25) is 5.02 Å². The van der Waals surface area contributed by atoms with E-state index in [4.69, 9.17) is 23.8 Å². The highest BCUT2D eigenvalue weighted by Gasteiger charge is 2.31. The first-order chi connectivity index (χ1) is 10.3. The van der Waals surface area contributed by atoms with Gasteiger partial charge in [-0.05, 0) is 12.1 Å². The Hall–Kier alpha value is -1.90. The number of benzene rings is 1. The van der Waals surface area contributed by atoms with Gasteiger partial charge in [-0.25, -0.2) is 0 Å². The second kappa shape index (κ2) is 6.47. The molecule has 1 aliphatic heterocycles. The van der Waals surface area contributed by atoms with Gasteiger partial charge in [0.25, 0.3) is 5.91 Å². The molecule has 0 aromatic heterocycles. The minimum atomic E-state index is -0.749. The van der Waals surface area contributed by atoms with E-state index in [0.29, 0.717) is 4.32 Å². The molecule has 0 radical (unpaired) electrons. The predicted molar refractivity (Wildman–Crippen MR) is 89.8 cm³/mol. The van der Waals surface area contributed by atoms with Gasteiger partial charge in [0.15, 0.2) is 0 Å². The molecule has 1 aromatic rings. The predicted octanol–water partition coefficient (Wildman–Crippen LogP) is 3.34. The first-order valence-corrected chi connectivity index (χ1v) is 7.48. The van der Waals surface area contributed by atoms with Gasteiger partial charge in [-0.3, -0.25) is 19.8 Å². The van der Waals surface area contributed by atoms with Crippen molar-refractivity contribution >= 4 is 57.6 Å². The highest BCUT2D eigenvalue weighted by atomic mass is 35.5. The van der Waals surface area contributed by atoms with Crippen LogP contribution in [0.15, 0.2) is 29.7 Å². The maximum absolute atomic E-state index is 12.2. The summed E-state index contributed by atoms with van der Waals surface area (Å²) in [6.45, 7) is 3.81. The van der Waals surface area contributed by atoms with Crippen LogP contribution in [0, 0.1) is 10.1 Å². The minimum absolute atomic E-state index is 0.0809. The Kier molecular flexibility index (Phi) is 4.84. The van der Waals surface area contributed by atoms with Crippen LogP contribution < -0.4 is 0 Å². The largest absolute Gasteiger partial charge is 0.502 e. The quantitative estimate of drug-likeness (QED) is 0.293. The number of hydrogen-bond acceptors (Lipinski definition) is 6. The first kappa shape index (κ1) is 16.5. The zero-order valence-corrected chi connectivity index (χ0v) is 13.4. The summed E-state index contributed by atoms with van der Waals surface area (Å²) < 4.78 is 0.354. The molecule has 0 bridgehead atoms. The number of carbonyl (C=O) groups excluding carboxylic acids is 1. The van der Waals surface area contributed by atoms with Crippen molar-refractivity contribution in [3.05, 3.63) is 50.4 Å². The maximum atomic E-state index is 12.2. The SMILES string of the molecule is C=CCN1C(=O)C(=Cc2cc(Cl)cc([N+](=O)[O-])c2O)SC1=S. The van der Waals surface area contributed by atoms with Crippen LogP contribution in [0.25, 0.3) is 6.08 Å². The summed E-state index contributed by atoms with van der Waals surface area (Å²) in [5.41, 5.74) is -0.446. The molecule has 114 valence electrons. The maximum Gasteiger partial charge on any atom is 0.312 e. The number of hydrogen-bond donors (Lipinski definition) is 1. The molecule has 1 aromatic carbocycles. The lowest BCUT2D eigenvalue weighted by Gasteiger charge is -2.10. The van der Waals surface area contributed by atoms with Crippen molar-refractivity contribution < 1.29 is 14.8 Å². The molecular formula is C13H9ClN2O4S2. The van der Waals surface area contributed by atoms with Crippen molar-refractivity contribution in [3.8, 4) is 5.75 Å². The van der Waals surface area contributed by atoms with E-state index in [1.54, 1.807) is 0 Å². The van der Waals surface area contributed by atoms with Crippen molar-refractivity contribution in [3.63, 3.8) is 0 Å². The number of carbonyl (C=O) groups is 1. The normalized spacial score (nSPS) is 16.4. The molecule has 0 saturated carbocycles. The zero-order valence-electron chi connectivity index (χ0n) is 11.0. The average molecular weight is 357 g/mol. The van der Waals surface area contributed by atoms with Gasteiger partial charge >= 0.3 is 5.69 Å². The third kappa shape index (κ3) is 3.13. The van der Waals surface area contributed by atoms with Crippen molar-refractivity contribution in [1.82, 2.24) is 4.90 Å². The Labute approximate surface area is 140 Å². The van der Waals surface area contributed by atoms with Gasteiger partial charge in [0.2, 0.25) is 5.75 Å². The Balaban J connectivity index is 2.46. The number of thiocarbonyl (C=S) groups is 1. The molecule has 0 atom stereocenters. The van der Waals surface area contributed by atoms with Gasteiger partial charge in [0.05, 0.1) is 9.83 Å². The van der Waals surface area contributed by atoms with Gasteiger partial charge < -0.3 is 5.11 Å². The van der Waals surface area contributed by atoms with Crippen LogP contribution >= 0.6 is 35.6 Å². The molecule has 2 rings (SSSR count). The van der Waals surface area contributed by atoms with E-state index in [0.717, 1.165) is 17.8 Å². The van der Waals surface area contributed by atoms with Crippen LogP contribution in [0.5, 0.6) is 5.75 Å². The third-order valence-electron chi connectivity index (χ3n) is 2.75. The Bertz CT molecular complexity index is 733. The molecule has 9 heteroatoms. The first-order valence-electron chi connectivity index (χ1n) is 5.88. The van der Waals surface area contributed by atoms with Crippen LogP contribution in [0.3, 0.4) is 0 Å². The summed E-state index contributed by atoms with van der Waals surface area (Å²) in [6.07, 6.45) is 2.87. The molecule has 1 aliphatic rings. The zero-order chi connectivity index (χ0) is 16.4. The van der Waals surface area contributed by atoms with Gasteiger partial charge in [-0.1, -0.05) is 41.7 Å². The van der Waals surface area contributed by atoms with E-state index in [-0.39, 0.29) is 27.9 Å². The molecule has 1 fully saturated rings. The molecule has 22 heavy (non-hydrogen) atoms. The van der Waals surface area contributed by atoms with E-state index in [1.165, 1.54) is 23.1 Å². The lowest BCUT2D eigenvalue weighted by Crippen LogP contribution is -2.27. The molecular weight excluding hydrogens is 348 g/mol. The lowest BCUT2D eigenvalue weighted by atomic mass is 10.1. The fraction of sp³-hybridized carbons (Fsp3) is 0.0769. The van der Waals surface area contributed by atoms with Crippen molar-refractivity contribution in [2.24, 2.45) is 0 Å². The molecule has 0 spiro atoms. The van der Waals surface area contributed by atoms with Crippen molar-refractivity contribution in [2.75, 3.05) is 6.54 Å². The van der Waals surface area contributed by atoms with E-state index in [2.05, 4.69) is 6.58 Å². The number of phenols is 1. The number of nitro groups is 1. The average Bonchev–Trinajstić information content (AvgIpc) is 2.70. The second-order valence-electron chi connectivity index (χ2n) is 4.20. The number of phenolic OH excluding ortho intramolecular Hbond substituents is 1. The fourth-order valence-corrected chi connectivity index (χ4v) is 3.27. The third-order valence-corrected chi connectivity index (χ3v) is 4.35. The highest BCUT2D eigenvalue weighted by molar-refractivity contribution is 8.26. The molecule has 0 aliphatic carbocycles. The molecule has 0 unspecified atom stereocenters. The standard InChI is InChI=1S/C13H9ClN2O4S2/c1-2-3-15-12(18)10(22-13(15)21)5-7-4-8(14)6-9(11(7)17)16(19)20/h2,4-6,17H,1,3H2. The summed E-state index contributed by atoms with van der Waals surface area (Å²) in [4.78, 5) is 23.9. The number of nitro benzene ring substituents is 1. The highest BCUT2D eigenvalue weighted by Crippen LogP contribution is 2.38. The molecule has 6 nitrogen and oxygen atoms in total. The van der Waals surface area contributed by atoms with Gasteiger partial charge in [-0.2, -0.15) is 0 Å². The van der Waals surface area contributed by atoms with Crippen LogP contribution in [0.1, 0.15) is 5.56 Å². The molecule has 1 heterocycles. The fourth-order valence-electron chi connectivity index (χ4n) is 1.78.